The van der Waals surface area contributed by atoms with Crippen LogP contribution in [0.25, 0.3) is 0 Å². The molecule has 1 unspecified atom stereocenters. The van der Waals surface area contributed by atoms with Crippen molar-refractivity contribution in [2.75, 3.05) is 26.2 Å². The maximum Gasteiger partial charge on any atom is 0.253 e. The Labute approximate surface area is 153 Å². The van der Waals surface area contributed by atoms with Crippen molar-refractivity contribution in [3.8, 4) is 0 Å². The lowest BCUT2D eigenvalue weighted by Gasteiger charge is -2.32. The number of hydrogen-bond acceptors (Lipinski definition) is 3. The van der Waals surface area contributed by atoms with Gasteiger partial charge in [0.15, 0.2) is 0 Å². The zero-order valence-electron chi connectivity index (χ0n) is 15.0. The van der Waals surface area contributed by atoms with E-state index in [1.807, 2.05) is 0 Å². The van der Waals surface area contributed by atoms with Gasteiger partial charge >= 0.3 is 0 Å². The number of nitrogens with one attached hydrogen (secondary N) is 1. The minimum Gasteiger partial charge on any atom is -0.352 e. The first-order valence-corrected chi connectivity index (χ1v) is 9.69. The van der Waals surface area contributed by atoms with E-state index in [1.165, 1.54) is 37.1 Å². The van der Waals surface area contributed by atoms with Crippen molar-refractivity contribution in [3.05, 3.63) is 35.6 Å². The Kier molecular flexibility index (Phi) is 4.94. The van der Waals surface area contributed by atoms with Gasteiger partial charge in [0.2, 0.25) is 5.91 Å². The number of piperidine rings is 1. The molecule has 1 aromatic rings. The maximum absolute atomic E-state index is 13.0. The lowest BCUT2D eigenvalue weighted by Crippen LogP contribution is -2.46. The molecule has 0 radical (unpaired) electrons. The summed E-state index contributed by atoms with van der Waals surface area (Å²) in [7, 11) is 0. The van der Waals surface area contributed by atoms with Crippen LogP contribution in [-0.4, -0.2) is 59.9 Å². The molecule has 0 bridgehead atoms. The molecule has 5 nitrogen and oxygen atoms in total. The number of carbonyl (C=O) groups is 2. The molecule has 3 fully saturated rings. The normalized spacial score (nSPS) is 24.7. The van der Waals surface area contributed by atoms with E-state index in [2.05, 4.69) is 10.2 Å². The topological polar surface area (TPSA) is 52.7 Å². The molecule has 2 amide bonds. The highest BCUT2D eigenvalue weighted by molar-refractivity contribution is 5.94. The summed E-state index contributed by atoms with van der Waals surface area (Å²) in [4.78, 5) is 29.3. The van der Waals surface area contributed by atoms with E-state index in [-0.39, 0.29) is 29.6 Å². The van der Waals surface area contributed by atoms with Crippen molar-refractivity contribution in [1.82, 2.24) is 15.1 Å². The molecule has 4 rings (SSSR count). The zero-order valence-corrected chi connectivity index (χ0v) is 15.0. The first-order valence-electron chi connectivity index (χ1n) is 9.69. The number of carbonyl (C=O) groups excluding carboxylic acids is 2. The Hall–Kier alpha value is -1.95. The second kappa shape index (κ2) is 7.35. The minimum absolute atomic E-state index is 0.0118. The molecule has 2 aliphatic heterocycles. The van der Waals surface area contributed by atoms with E-state index >= 15 is 0 Å². The van der Waals surface area contributed by atoms with Gasteiger partial charge in [-0.2, -0.15) is 0 Å². The molecule has 2 saturated heterocycles. The Morgan fingerprint density at radius 1 is 0.962 bits per heavy atom. The monoisotopic (exact) mass is 359 g/mol. The molecule has 0 aromatic heterocycles. The van der Waals surface area contributed by atoms with Crippen LogP contribution in [0.2, 0.25) is 0 Å². The van der Waals surface area contributed by atoms with Gasteiger partial charge in [-0.3, -0.25) is 14.5 Å². The molecule has 1 saturated carbocycles. The summed E-state index contributed by atoms with van der Waals surface area (Å²) < 4.78 is 13.0. The molecule has 140 valence electrons. The van der Waals surface area contributed by atoms with Crippen molar-refractivity contribution in [1.29, 1.82) is 0 Å². The average molecular weight is 359 g/mol. The van der Waals surface area contributed by atoms with Gasteiger partial charge in [0, 0.05) is 49.7 Å². The first kappa shape index (κ1) is 17.5. The van der Waals surface area contributed by atoms with Gasteiger partial charge in [0.25, 0.3) is 5.91 Å². The van der Waals surface area contributed by atoms with Gasteiger partial charge in [-0.15, -0.1) is 0 Å². The smallest absolute Gasteiger partial charge is 0.253 e. The van der Waals surface area contributed by atoms with Crippen molar-refractivity contribution < 1.29 is 14.0 Å². The first-order chi connectivity index (χ1) is 12.6. The van der Waals surface area contributed by atoms with Gasteiger partial charge in [-0.1, -0.05) is 0 Å². The molecule has 6 heteroatoms. The molecule has 1 aromatic carbocycles. The van der Waals surface area contributed by atoms with Crippen LogP contribution in [0.4, 0.5) is 4.39 Å². The number of hydrogen-bond donors (Lipinski definition) is 1. The van der Waals surface area contributed by atoms with Crippen LogP contribution >= 0.6 is 0 Å². The van der Waals surface area contributed by atoms with Crippen LogP contribution < -0.4 is 5.32 Å². The predicted octanol–water partition coefficient (Wildman–Crippen LogP) is 2.03. The van der Waals surface area contributed by atoms with Gasteiger partial charge in [0.1, 0.15) is 5.82 Å². The Morgan fingerprint density at radius 3 is 2.31 bits per heavy atom. The maximum atomic E-state index is 13.0. The summed E-state index contributed by atoms with van der Waals surface area (Å²) in [6.45, 7) is 3.23. The lowest BCUT2D eigenvalue weighted by atomic mass is 9.95. The summed E-state index contributed by atoms with van der Waals surface area (Å²) in [5.41, 5.74) is 0.500. The molecular formula is C20H26FN3O2. The van der Waals surface area contributed by atoms with Gasteiger partial charge < -0.3 is 10.2 Å². The van der Waals surface area contributed by atoms with E-state index in [1.54, 1.807) is 4.90 Å². The van der Waals surface area contributed by atoms with E-state index in [9.17, 15) is 14.0 Å². The number of likely N-dealkylation sites (tertiary alicyclic amines) is 2. The van der Waals surface area contributed by atoms with E-state index in [4.69, 9.17) is 0 Å². The van der Waals surface area contributed by atoms with E-state index in [0.717, 1.165) is 25.6 Å². The Balaban J connectivity index is 1.24. The number of rotatable bonds is 4. The third kappa shape index (κ3) is 3.90. The second-order valence-electron chi connectivity index (χ2n) is 7.79. The van der Waals surface area contributed by atoms with Crippen LogP contribution in [0.5, 0.6) is 0 Å². The molecule has 0 spiro atoms. The van der Waals surface area contributed by atoms with Gasteiger partial charge in [0.05, 0.1) is 0 Å². The molecular weight excluding hydrogens is 333 g/mol. The summed E-state index contributed by atoms with van der Waals surface area (Å²) in [5, 5.41) is 3.22. The fourth-order valence-electron chi connectivity index (χ4n) is 4.12. The van der Waals surface area contributed by atoms with Crippen molar-refractivity contribution in [2.24, 2.45) is 5.92 Å². The summed E-state index contributed by atoms with van der Waals surface area (Å²) in [5.74, 6) is -0.299. The predicted molar refractivity (Wildman–Crippen MR) is 96.2 cm³/mol. The summed E-state index contributed by atoms with van der Waals surface area (Å²) >= 11 is 0. The number of nitrogens with zero attached hydrogens (tertiary/aromatic N) is 2. The van der Waals surface area contributed by atoms with Crippen molar-refractivity contribution >= 4 is 11.8 Å². The number of halogens is 1. The highest BCUT2D eigenvalue weighted by Gasteiger charge is 2.36. The minimum atomic E-state index is -0.343. The molecule has 1 aliphatic carbocycles. The van der Waals surface area contributed by atoms with Crippen LogP contribution in [0.1, 0.15) is 42.5 Å². The number of benzene rings is 1. The van der Waals surface area contributed by atoms with Gasteiger partial charge in [-0.05, 0) is 56.4 Å². The SMILES string of the molecule is O=C(NC1CCN(C2CC2)C1)C1CCN(C(=O)c2ccc(F)cc2)CC1. The fourth-order valence-corrected chi connectivity index (χ4v) is 4.12. The third-order valence-electron chi connectivity index (χ3n) is 5.87. The van der Waals surface area contributed by atoms with Crippen LogP contribution in [0.15, 0.2) is 24.3 Å². The Morgan fingerprint density at radius 2 is 1.65 bits per heavy atom. The highest BCUT2D eigenvalue weighted by atomic mass is 19.1. The van der Waals surface area contributed by atoms with Crippen LogP contribution in [0.3, 0.4) is 0 Å². The number of amides is 2. The molecule has 1 N–H and O–H groups in total. The largest absolute Gasteiger partial charge is 0.352 e. The quantitative estimate of drug-likeness (QED) is 0.895. The van der Waals surface area contributed by atoms with Crippen molar-refractivity contribution in [3.63, 3.8) is 0 Å². The fraction of sp³-hybridized carbons (Fsp3) is 0.600. The van der Waals surface area contributed by atoms with E-state index in [0.29, 0.717) is 31.5 Å². The summed E-state index contributed by atoms with van der Waals surface area (Å²) in [6, 6.07) is 6.68. The molecule has 26 heavy (non-hydrogen) atoms. The van der Waals surface area contributed by atoms with Gasteiger partial charge in [-0.25, -0.2) is 4.39 Å². The van der Waals surface area contributed by atoms with E-state index < -0.39 is 0 Å². The highest BCUT2D eigenvalue weighted by Crippen LogP contribution is 2.30. The molecule has 3 aliphatic rings. The summed E-state index contributed by atoms with van der Waals surface area (Å²) in [6.07, 6.45) is 5.04. The lowest BCUT2D eigenvalue weighted by molar-refractivity contribution is -0.126. The standard InChI is InChI=1S/C20H26FN3O2/c21-16-3-1-15(2-4-16)20(26)23-10-7-14(8-11-23)19(25)22-17-9-12-24(13-17)18-5-6-18/h1-4,14,17-18H,5-13H2,(H,22,25). The van der Waals surface area contributed by atoms with Crippen LogP contribution in [-0.2, 0) is 4.79 Å². The molecule has 2 heterocycles. The second-order valence-corrected chi connectivity index (χ2v) is 7.79. The van der Waals surface area contributed by atoms with Crippen molar-refractivity contribution in [2.45, 2.75) is 44.2 Å². The molecule has 1 atom stereocenters. The third-order valence-corrected chi connectivity index (χ3v) is 5.87. The Bertz CT molecular complexity index is 666. The van der Waals surface area contributed by atoms with Crippen LogP contribution in [0, 0.1) is 11.7 Å². The zero-order chi connectivity index (χ0) is 18.1. The average Bonchev–Trinajstić information content (AvgIpc) is 3.41.